The maximum absolute atomic E-state index is 5.80. The molecule has 1 heterocycles. The minimum absolute atomic E-state index is 0.561. The highest BCUT2D eigenvalue weighted by Gasteiger charge is 2.11. The van der Waals surface area contributed by atoms with Crippen LogP contribution < -0.4 is 5.73 Å². The molecule has 0 amide bonds. The Balaban J connectivity index is 2.63. The van der Waals surface area contributed by atoms with Crippen LogP contribution in [0.5, 0.6) is 0 Å². The van der Waals surface area contributed by atoms with E-state index >= 15 is 0 Å². The number of nitrogens with two attached hydrogens (primary N) is 1. The molecule has 0 aliphatic rings. The van der Waals surface area contributed by atoms with Gasteiger partial charge in [0.2, 0.25) is 5.95 Å². The third-order valence-corrected chi connectivity index (χ3v) is 3.08. The lowest BCUT2D eigenvalue weighted by molar-refractivity contribution is 0.937. The van der Waals surface area contributed by atoms with Gasteiger partial charge in [-0.1, -0.05) is 12.1 Å². The largest absolute Gasteiger partial charge is 0.369 e. The summed E-state index contributed by atoms with van der Waals surface area (Å²) >= 11 is 0. The number of nitrogens with zero attached hydrogens (tertiary/aromatic N) is 2. The van der Waals surface area contributed by atoms with Gasteiger partial charge in [0.1, 0.15) is 0 Å². The summed E-state index contributed by atoms with van der Waals surface area (Å²) in [6.45, 7) is 6.22. The van der Waals surface area contributed by atoms with Crippen molar-refractivity contribution in [3.8, 4) is 11.3 Å². The fourth-order valence-corrected chi connectivity index (χ4v) is 1.95. The van der Waals surface area contributed by atoms with Gasteiger partial charge in [-0.25, -0.2) is 4.98 Å². The van der Waals surface area contributed by atoms with E-state index < -0.39 is 0 Å². The van der Waals surface area contributed by atoms with Gasteiger partial charge in [0.15, 0.2) is 0 Å². The highest BCUT2D eigenvalue weighted by molar-refractivity contribution is 5.66. The first kappa shape index (κ1) is 10.7. The molecule has 84 valence electrons. The molecule has 1 aromatic heterocycles. The van der Waals surface area contributed by atoms with Crippen LogP contribution in [-0.2, 0) is 7.05 Å². The van der Waals surface area contributed by atoms with Crippen molar-refractivity contribution < 1.29 is 0 Å². The van der Waals surface area contributed by atoms with Crippen molar-refractivity contribution in [3.05, 3.63) is 35.0 Å². The molecule has 0 aliphatic heterocycles. The number of imidazole rings is 1. The Morgan fingerprint density at radius 1 is 1.12 bits per heavy atom. The molecule has 0 fully saturated rings. The van der Waals surface area contributed by atoms with Gasteiger partial charge in [-0.3, -0.25) is 0 Å². The lowest BCUT2D eigenvalue weighted by Gasteiger charge is -2.07. The van der Waals surface area contributed by atoms with Crippen molar-refractivity contribution in [1.29, 1.82) is 0 Å². The Labute approximate surface area is 95.9 Å². The third-order valence-electron chi connectivity index (χ3n) is 3.08. The van der Waals surface area contributed by atoms with E-state index in [9.17, 15) is 0 Å². The highest BCUT2D eigenvalue weighted by atomic mass is 15.1. The summed E-state index contributed by atoms with van der Waals surface area (Å²) in [6, 6.07) is 6.43. The van der Waals surface area contributed by atoms with Crippen LogP contribution in [0.15, 0.2) is 18.2 Å². The van der Waals surface area contributed by atoms with Gasteiger partial charge in [0.25, 0.3) is 0 Å². The van der Waals surface area contributed by atoms with Crippen LogP contribution in [0, 0.1) is 20.8 Å². The second kappa shape index (κ2) is 3.67. The molecule has 2 N–H and O–H groups in total. The van der Waals surface area contributed by atoms with Crippen molar-refractivity contribution in [2.45, 2.75) is 20.8 Å². The van der Waals surface area contributed by atoms with Gasteiger partial charge in [-0.2, -0.15) is 0 Å². The monoisotopic (exact) mass is 215 g/mol. The second-order valence-corrected chi connectivity index (χ2v) is 4.26. The molecule has 0 saturated heterocycles. The fraction of sp³-hybridized carbons (Fsp3) is 0.308. The lowest BCUT2D eigenvalue weighted by Crippen LogP contribution is -1.99. The van der Waals surface area contributed by atoms with Gasteiger partial charge in [-0.15, -0.1) is 0 Å². The number of aryl methyl sites for hydroxylation is 3. The van der Waals surface area contributed by atoms with Gasteiger partial charge < -0.3 is 10.3 Å². The van der Waals surface area contributed by atoms with Crippen molar-refractivity contribution in [2.24, 2.45) is 7.05 Å². The van der Waals surface area contributed by atoms with Crippen LogP contribution in [0.25, 0.3) is 11.3 Å². The number of benzene rings is 1. The molecule has 0 radical (unpaired) electrons. The number of nitrogen functional groups attached to an aromatic ring is 1. The standard InChI is InChI=1S/C13H17N3/c1-8-5-6-11(7-9(8)2)12-10(3)15-13(14)16(12)4/h5-7H,1-4H3,(H2,14,15). The molecule has 0 aliphatic carbocycles. The number of hydrogen-bond donors (Lipinski definition) is 1. The van der Waals surface area contributed by atoms with Crippen molar-refractivity contribution in [3.63, 3.8) is 0 Å². The molecule has 0 atom stereocenters. The summed E-state index contributed by atoms with van der Waals surface area (Å²) in [5.41, 5.74) is 11.6. The summed E-state index contributed by atoms with van der Waals surface area (Å²) < 4.78 is 1.93. The zero-order valence-electron chi connectivity index (χ0n) is 10.2. The van der Waals surface area contributed by atoms with Gasteiger partial charge in [0.05, 0.1) is 11.4 Å². The Morgan fingerprint density at radius 2 is 1.81 bits per heavy atom. The first-order valence-corrected chi connectivity index (χ1v) is 5.37. The van der Waals surface area contributed by atoms with Gasteiger partial charge in [-0.05, 0) is 38.0 Å². The summed E-state index contributed by atoms with van der Waals surface area (Å²) in [7, 11) is 1.94. The Hall–Kier alpha value is -1.77. The van der Waals surface area contributed by atoms with E-state index in [1.807, 2.05) is 18.5 Å². The van der Waals surface area contributed by atoms with E-state index in [4.69, 9.17) is 5.73 Å². The van der Waals surface area contributed by atoms with Gasteiger partial charge >= 0.3 is 0 Å². The number of rotatable bonds is 1. The molecule has 3 heteroatoms. The molecule has 1 aromatic carbocycles. The molecule has 0 spiro atoms. The Kier molecular flexibility index (Phi) is 2.46. The van der Waals surface area contributed by atoms with E-state index in [1.165, 1.54) is 16.7 Å². The van der Waals surface area contributed by atoms with Crippen LogP contribution >= 0.6 is 0 Å². The zero-order chi connectivity index (χ0) is 11.9. The average molecular weight is 215 g/mol. The minimum atomic E-state index is 0.561. The van der Waals surface area contributed by atoms with Gasteiger partial charge in [0, 0.05) is 12.6 Å². The van der Waals surface area contributed by atoms with Crippen LogP contribution in [0.1, 0.15) is 16.8 Å². The van der Waals surface area contributed by atoms with E-state index in [2.05, 4.69) is 37.0 Å². The molecule has 0 saturated carbocycles. The lowest BCUT2D eigenvalue weighted by atomic mass is 10.0. The second-order valence-electron chi connectivity index (χ2n) is 4.26. The molecule has 0 unspecified atom stereocenters. The molecule has 2 aromatic rings. The number of aromatic nitrogens is 2. The average Bonchev–Trinajstić information content (AvgIpc) is 2.47. The topological polar surface area (TPSA) is 43.8 Å². The number of anilines is 1. The predicted octanol–water partition coefficient (Wildman–Crippen LogP) is 2.59. The zero-order valence-corrected chi connectivity index (χ0v) is 10.2. The summed E-state index contributed by atoms with van der Waals surface area (Å²) in [6.07, 6.45) is 0. The Morgan fingerprint density at radius 3 is 2.31 bits per heavy atom. The van der Waals surface area contributed by atoms with Crippen molar-refractivity contribution in [2.75, 3.05) is 5.73 Å². The molecular formula is C13H17N3. The SMILES string of the molecule is Cc1ccc(-c2c(C)nc(N)n2C)cc1C. The summed E-state index contributed by atoms with van der Waals surface area (Å²) in [4.78, 5) is 4.28. The normalized spacial score (nSPS) is 10.8. The molecule has 16 heavy (non-hydrogen) atoms. The number of hydrogen-bond acceptors (Lipinski definition) is 2. The van der Waals surface area contributed by atoms with Crippen LogP contribution in [0.4, 0.5) is 5.95 Å². The molecular weight excluding hydrogens is 198 g/mol. The quantitative estimate of drug-likeness (QED) is 0.794. The van der Waals surface area contributed by atoms with Crippen LogP contribution in [0.3, 0.4) is 0 Å². The fourth-order valence-electron chi connectivity index (χ4n) is 1.95. The predicted molar refractivity (Wildman–Crippen MR) is 67.3 cm³/mol. The first-order valence-electron chi connectivity index (χ1n) is 5.37. The molecule has 2 rings (SSSR count). The van der Waals surface area contributed by atoms with E-state index in [0.717, 1.165) is 11.4 Å². The van der Waals surface area contributed by atoms with E-state index in [-0.39, 0.29) is 0 Å². The van der Waals surface area contributed by atoms with E-state index in [1.54, 1.807) is 0 Å². The maximum atomic E-state index is 5.80. The molecule has 3 nitrogen and oxygen atoms in total. The smallest absolute Gasteiger partial charge is 0.200 e. The highest BCUT2D eigenvalue weighted by Crippen LogP contribution is 2.26. The van der Waals surface area contributed by atoms with Crippen molar-refractivity contribution >= 4 is 5.95 Å². The van der Waals surface area contributed by atoms with Crippen LogP contribution in [-0.4, -0.2) is 9.55 Å². The molecule has 0 bridgehead atoms. The Bertz CT molecular complexity index is 538. The van der Waals surface area contributed by atoms with E-state index in [0.29, 0.717) is 5.95 Å². The minimum Gasteiger partial charge on any atom is -0.369 e. The summed E-state index contributed by atoms with van der Waals surface area (Å²) in [5.74, 6) is 0.561. The third kappa shape index (κ3) is 1.58. The van der Waals surface area contributed by atoms with Crippen LogP contribution in [0.2, 0.25) is 0 Å². The maximum Gasteiger partial charge on any atom is 0.200 e. The van der Waals surface area contributed by atoms with Crippen molar-refractivity contribution in [1.82, 2.24) is 9.55 Å². The summed E-state index contributed by atoms with van der Waals surface area (Å²) in [5, 5.41) is 0. The first-order chi connectivity index (χ1) is 7.50.